The highest BCUT2D eigenvalue weighted by Gasteiger charge is 2.06. The molecule has 1 N–H and O–H groups in total. The number of para-hydroxylation sites is 1. The summed E-state index contributed by atoms with van der Waals surface area (Å²) in [6.07, 6.45) is 0. The molecule has 0 radical (unpaired) electrons. The smallest absolute Gasteiger partial charge is 0.146 e. The third-order valence-corrected chi connectivity index (χ3v) is 3.28. The van der Waals surface area contributed by atoms with E-state index in [-0.39, 0.29) is 5.82 Å². The SMILES string of the molecule is Cc1cccc(F)c1NCc1ccc(Cl)cc1Cl. The number of aryl methyl sites for hydroxylation is 1. The summed E-state index contributed by atoms with van der Waals surface area (Å²) in [6, 6.07) is 10.2. The number of halogens is 3. The lowest BCUT2D eigenvalue weighted by atomic mass is 10.1. The van der Waals surface area contributed by atoms with Gasteiger partial charge in [0.25, 0.3) is 0 Å². The second-order valence-corrected chi connectivity index (χ2v) is 4.86. The second-order valence-electron chi connectivity index (χ2n) is 4.02. The molecule has 0 aliphatic rings. The van der Waals surface area contributed by atoms with E-state index in [9.17, 15) is 4.39 Å². The topological polar surface area (TPSA) is 12.0 Å². The first-order valence-electron chi connectivity index (χ1n) is 5.51. The van der Waals surface area contributed by atoms with Crippen LogP contribution in [0.1, 0.15) is 11.1 Å². The predicted molar refractivity (Wildman–Crippen MR) is 74.9 cm³/mol. The van der Waals surface area contributed by atoms with Gasteiger partial charge in [0.05, 0.1) is 5.69 Å². The van der Waals surface area contributed by atoms with Crippen molar-refractivity contribution in [3.05, 3.63) is 63.4 Å². The van der Waals surface area contributed by atoms with Crippen LogP contribution in [-0.2, 0) is 6.54 Å². The van der Waals surface area contributed by atoms with E-state index in [0.29, 0.717) is 22.3 Å². The van der Waals surface area contributed by atoms with Crippen molar-refractivity contribution in [1.82, 2.24) is 0 Å². The summed E-state index contributed by atoms with van der Waals surface area (Å²) < 4.78 is 13.6. The molecule has 0 aliphatic carbocycles. The zero-order chi connectivity index (χ0) is 13.1. The normalized spacial score (nSPS) is 10.4. The van der Waals surface area contributed by atoms with Crippen LogP contribution in [0.15, 0.2) is 36.4 Å². The van der Waals surface area contributed by atoms with E-state index in [1.807, 2.05) is 19.1 Å². The molecule has 2 aromatic rings. The van der Waals surface area contributed by atoms with E-state index in [1.165, 1.54) is 6.07 Å². The lowest BCUT2D eigenvalue weighted by Crippen LogP contribution is -2.03. The number of hydrogen-bond acceptors (Lipinski definition) is 1. The first-order valence-corrected chi connectivity index (χ1v) is 6.26. The Morgan fingerprint density at radius 1 is 1.17 bits per heavy atom. The Labute approximate surface area is 116 Å². The molecule has 0 heterocycles. The van der Waals surface area contributed by atoms with Gasteiger partial charge in [-0.3, -0.25) is 0 Å². The molecule has 2 rings (SSSR count). The standard InChI is InChI=1S/C14H12Cl2FN/c1-9-3-2-4-13(17)14(9)18-8-10-5-6-11(15)7-12(10)16/h2-7,18H,8H2,1H3. The van der Waals surface area contributed by atoms with Gasteiger partial charge >= 0.3 is 0 Å². The van der Waals surface area contributed by atoms with Crippen LogP contribution in [0.5, 0.6) is 0 Å². The maximum atomic E-state index is 13.6. The molecule has 0 fully saturated rings. The molecular formula is C14H12Cl2FN. The number of hydrogen-bond donors (Lipinski definition) is 1. The van der Waals surface area contributed by atoms with Gasteiger partial charge in [-0.2, -0.15) is 0 Å². The average molecular weight is 284 g/mol. The fourth-order valence-corrected chi connectivity index (χ4v) is 2.18. The van der Waals surface area contributed by atoms with Crippen LogP contribution in [-0.4, -0.2) is 0 Å². The van der Waals surface area contributed by atoms with Gasteiger partial charge in [-0.15, -0.1) is 0 Å². The first kappa shape index (κ1) is 13.2. The summed E-state index contributed by atoms with van der Waals surface area (Å²) in [7, 11) is 0. The molecule has 2 aromatic carbocycles. The molecule has 0 unspecified atom stereocenters. The van der Waals surface area contributed by atoms with Crippen molar-refractivity contribution in [1.29, 1.82) is 0 Å². The summed E-state index contributed by atoms with van der Waals surface area (Å²) in [5.74, 6) is -0.264. The molecule has 0 saturated carbocycles. The van der Waals surface area contributed by atoms with Gasteiger partial charge in [0.15, 0.2) is 0 Å². The van der Waals surface area contributed by atoms with Crippen molar-refractivity contribution in [2.75, 3.05) is 5.32 Å². The Hall–Kier alpha value is -1.25. The zero-order valence-electron chi connectivity index (χ0n) is 9.81. The minimum absolute atomic E-state index is 0.264. The van der Waals surface area contributed by atoms with Crippen molar-refractivity contribution in [2.45, 2.75) is 13.5 Å². The van der Waals surface area contributed by atoms with Gasteiger partial charge < -0.3 is 5.32 Å². The van der Waals surface area contributed by atoms with Gasteiger partial charge in [0.1, 0.15) is 5.82 Å². The fourth-order valence-electron chi connectivity index (χ4n) is 1.70. The number of benzene rings is 2. The van der Waals surface area contributed by atoms with E-state index >= 15 is 0 Å². The molecule has 0 bridgehead atoms. The first-order chi connectivity index (χ1) is 8.58. The van der Waals surface area contributed by atoms with Crippen LogP contribution in [0.2, 0.25) is 10.0 Å². The summed E-state index contributed by atoms with van der Waals surface area (Å²) in [4.78, 5) is 0. The van der Waals surface area contributed by atoms with Crippen molar-refractivity contribution in [2.24, 2.45) is 0 Å². The van der Waals surface area contributed by atoms with Crippen LogP contribution < -0.4 is 5.32 Å². The molecule has 1 nitrogen and oxygen atoms in total. The number of anilines is 1. The van der Waals surface area contributed by atoms with E-state index in [4.69, 9.17) is 23.2 Å². The molecule has 0 aliphatic heterocycles. The molecule has 4 heteroatoms. The van der Waals surface area contributed by atoms with Crippen molar-refractivity contribution in [3.8, 4) is 0 Å². The zero-order valence-corrected chi connectivity index (χ0v) is 11.3. The van der Waals surface area contributed by atoms with Crippen LogP contribution in [0.4, 0.5) is 10.1 Å². The Bertz CT molecular complexity index is 549. The average Bonchev–Trinajstić information content (AvgIpc) is 2.31. The predicted octanol–water partition coefficient (Wildman–Crippen LogP) is 5.05. The number of nitrogens with one attached hydrogen (secondary N) is 1. The van der Waals surface area contributed by atoms with Gasteiger partial charge in [-0.25, -0.2) is 4.39 Å². The van der Waals surface area contributed by atoms with Gasteiger partial charge in [-0.1, -0.05) is 41.4 Å². The Kier molecular flexibility index (Phi) is 4.10. The van der Waals surface area contributed by atoms with Crippen LogP contribution >= 0.6 is 23.2 Å². The van der Waals surface area contributed by atoms with Crippen LogP contribution in [0, 0.1) is 12.7 Å². The van der Waals surface area contributed by atoms with Crippen molar-refractivity contribution >= 4 is 28.9 Å². The third kappa shape index (κ3) is 2.95. The van der Waals surface area contributed by atoms with Gasteiger partial charge in [0, 0.05) is 16.6 Å². The molecule has 0 saturated heterocycles. The molecule has 0 atom stereocenters. The quantitative estimate of drug-likeness (QED) is 0.831. The third-order valence-electron chi connectivity index (χ3n) is 2.69. The largest absolute Gasteiger partial charge is 0.378 e. The molecule has 0 spiro atoms. The highest BCUT2D eigenvalue weighted by Crippen LogP contribution is 2.24. The van der Waals surface area contributed by atoms with Crippen molar-refractivity contribution < 1.29 is 4.39 Å². The molecule has 0 amide bonds. The number of rotatable bonds is 3. The van der Waals surface area contributed by atoms with E-state index in [2.05, 4.69) is 5.32 Å². The molecule has 94 valence electrons. The second kappa shape index (κ2) is 5.59. The summed E-state index contributed by atoms with van der Waals surface area (Å²) >= 11 is 11.9. The van der Waals surface area contributed by atoms with Gasteiger partial charge in [0.2, 0.25) is 0 Å². The Morgan fingerprint density at radius 2 is 1.94 bits per heavy atom. The lowest BCUT2D eigenvalue weighted by Gasteiger charge is -2.11. The maximum Gasteiger partial charge on any atom is 0.146 e. The molecular weight excluding hydrogens is 272 g/mol. The van der Waals surface area contributed by atoms with Gasteiger partial charge in [-0.05, 0) is 36.2 Å². The van der Waals surface area contributed by atoms with E-state index in [1.54, 1.807) is 18.2 Å². The fraction of sp³-hybridized carbons (Fsp3) is 0.143. The summed E-state index contributed by atoms with van der Waals surface area (Å²) in [5.41, 5.74) is 2.24. The van der Waals surface area contributed by atoms with E-state index in [0.717, 1.165) is 11.1 Å². The lowest BCUT2D eigenvalue weighted by molar-refractivity contribution is 0.629. The Morgan fingerprint density at radius 3 is 2.61 bits per heavy atom. The highest BCUT2D eigenvalue weighted by molar-refractivity contribution is 6.35. The van der Waals surface area contributed by atoms with Crippen LogP contribution in [0.25, 0.3) is 0 Å². The summed E-state index contributed by atoms with van der Waals surface area (Å²) in [5, 5.41) is 4.22. The van der Waals surface area contributed by atoms with Crippen LogP contribution in [0.3, 0.4) is 0 Å². The van der Waals surface area contributed by atoms with Crippen molar-refractivity contribution in [3.63, 3.8) is 0 Å². The molecule has 18 heavy (non-hydrogen) atoms. The highest BCUT2D eigenvalue weighted by atomic mass is 35.5. The maximum absolute atomic E-state index is 13.6. The summed E-state index contributed by atoms with van der Waals surface area (Å²) in [6.45, 7) is 2.31. The molecule has 0 aromatic heterocycles. The van der Waals surface area contributed by atoms with E-state index < -0.39 is 0 Å². The monoisotopic (exact) mass is 283 g/mol. The minimum atomic E-state index is -0.264. The Balaban J connectivity index is 2.16. The minimum Gasteiger partial charge on any atom is -0.378 e.